The summed E-state index contributed by atoms with van der Waals surface area (Å²) in [6, 6.07) is 16.1. The fraction of sp³-hybridized carbons (Fsp3) is 0.250. The number of hydrogen-bond acceptors (Lipinski definition) is 5. The number of amides is 1. The number of benzene rings is 2. The molecule has 0 aromatic heterocycles. The molecule has 26 heavy (non-hydrogen) atoms. The molecule has 6 heteroatoms. The van der Waals surface area contributed by atoms with Gasteiger partial charge in [0, 0.05) is 11.3 Å². The van der Waals surface area contributed by atoms with Crippen LogP contribution in [0.15, 0.2) is 53.7 Å². The van der Waals surface area contributed by atoms with Crippen molar-refractivity contribution in [1.82, 2.24) is 0 Å². The topological polar surface area (TPSA) is 83.7 Å². The van der Waals surface area contributed by atoms with Crippen LogP contribution in [0.2, 0.25) is 0 Å². The second-order valence-electron chi connectivity index (χ2n) is 5.87. The summed E-state index contributed by atoms with van der Waals surface area (Å²) in [6.45, 7) is 5.48. The monoisotopic (exact) mass is 351 g/mol. The maximum Gasteiger partial charge on any atom is 0.267 e. The first kappa shape index (κ1) is 19.0. The summed E-state index contributed by atoms with van der Waals surface area (Å²) in [6.07, 6.45) is 0.757. The third-order valence-electron chi connectivity index (χ3n) is 3.32. The fourth-order valence-electron chi connectivity index (χ4n) is 2.09. The van der Waals surface area contributed by atoms with E-state index in [1.54, 1.807) is 31.2 Å². The Balaban J connectivity index is 1.95. The van der Waals surface area contributed by atoms with Gasteiger partial charge in [0.25, 0.3) is 5.91 Å². The van der Waals surface area contributed by atoms with Crippen molar-refractivity contribution in [1.29, 1.82) is 5.26 Å². The molecule has 1 N–H and O–H groups in total. The minimum Gasteiger partial charge on any atom is -0.490 e. The molecule has 134 valence electrons. The summed E-state index contributed by atoms with van der Waals surface area (Å²) in [7, 11) is 0. The van der Waals surface area contributed by atoms with Gasteiger partial charge in [0.1, 0.15) is 5.75 Å². The molecule has 0 aliphatic rings. The molecule has 2 rings (SSSR count). The normalized spacial score (nSPS) is 11.8. The molecule has 0 saturated carbocycles. The number of ether oxygens (including phenoxy) is 1. The highest BCUT2D eigenvalue weighted by Gasteiger charge is 2.14. The lowest BCUT2D eigenvalue weighted by atomic mass is 10.2. The molecule has 0 heterocycles. The molecule has 2 aromatic rings. The van der Waals surface area contributed by atoms with E-state index in [9.17, 15) is 4.79 Å². The van der Waals surface area contributed by atoms with Crippen molar-refractivity contribution in [2.24, 2.45) is 5.16 Å². The van der Waals surface area contributed by atoms with Crippen molar-refractivity contribution in [2.45, 2.75) is 33.0 Å². The summed E-state index contributed by atoms with van der Waals surface area (Å²) >= 11 is 0. The van der Waals surface area contributed by atoms with Crippen LogP contribution in [-0.4, -0.2) is 24.3 Å². The van der Waals surface area contributed by atoms with Crippen LogP contribution in [0.5, 0.6) is 5.75 Å². The van der Waals surface area contributed by atoms with Gasteiger partial charge in [-0.1, -0.05) is 23.4 Å². The van der Waals surface area contributed by atoms with E-state index >= 15 is 0 Å². The Hall–Kier alpha value is -3.33. The number of nitrogens with zero attached hydrogens (tertiary/aromatic N) is 2. The number of para-hydroxylation sites is 1. The lowest BCUT2D eigenvalue weighted by molar-refractivity contribution is -0.126. The zero-order valence-corrected chi connectivity index (χ0v) is 15.0. The van der Waals surface area contributed by atoms with Crippen molar-refractivity contribution < 1.29 is 14.4 Å². The molecule has 0 spiro atoms. The summed E-state index contributed by atoms with van der Waals surface area (Å²) < 4.78 is 5.70. The number of oxime groups is 1. The zero-order valence-electron chi connectivity index (χ0n) is 15.0. The molecular weight excluding hydrogens is 330 g/mol. The van der Waals surface area contributed by atoms with Gasteiger partial charge in [-0.25, -0.2) is 0 Å². The van der Waals surface area contributed by atoms with Gasteiger partial charge in [0.2, 0.25) is 6.10 Å². The molecule has 0 aliphatic carbocycles. The van der Waals surface area contributed by atoms with E-state index in [-0.39, 0.29) is 12.0 Å². The van der Waals surface area contributed by atoms with Crippen molar-refractivity contribution in [3.8, 4) is 11.8 Å². The molecule has 1 atom stereocenters. The predicted molar refractivity (Wildman–Crippen MR) is 100 cm³/mol. The highest BCUT2D eigenvalue weighted by molar-refractivity contribution is 5.94. The van der Waals surface area contributed by atoms with Crippen LogP contribution >= 0.6 is 0 Å². The van der Waals surface area contributed by atoms with Gasteiger partial charge in [-0.2, -0.15) is 5.26 Å². The van der Waals surface area contributed by atoms with Crippen LogP contribution in [-0.2, 0) is 9.63 Å². The van der Waals surface area contributed by atoms with Crippen molar-refractivity contribution >= 4 is 17.8 Å². The van der Waals surface area contributed by atoms with E-state index in [0.29, 0.717) is 17.0 Å². The zero-order chi connectivity index (χ0) is 18.9. The Kier molecular flexibility index (Phi) is 6.75. The van der Waals surface area contributed by atoms with Gasteiger partial charge in [-0.15, -0.1) is 0 Å². The maximum absolute atomic E-state index is 12.1. The van der Waals surface area contributed by atoms with Crippen molar-refractivity contribution in [3.05, 3.63) is 59.7 Å². The van der Waals surface area contributed by atoms with Crippen molar-refractivity contribution in [2.75, 3.05) is 5.32 Å². The molecule has 0 fully saturated rings. The summed E-state index contributed by atoms with van der Waals surface area (Å²) in [5.74, 6) is 0.337. The number of rotatable bonds is 7. The molecule has 0 radical (unpaired) electrons. The number of nitrogens with one attached hydrogen (secondary N) is 1. The minimum atomic E-state index is -0.796. The summed E-state index contributed by atoms with van der Waals surface area (Å²) in [4.78, 5) is 17.4. The average Bonchev–Trinajstić information content (AvgIpc) is 2.62. The lowest BCUT2D eigenvalue weighted by Gasteiger charge is -2.12. The van der Waals surface area contributed by atoms with Crippen LogP contribution in [0.25, 0.3) is 0 Å². The van der Waals surface area contributed by atoms with Gasteiger partial charge in [-0.3, -0.25) is 4.79 Å². The fourth-order valence-corrected chi connectivity index (χ4v) is 2.09. The first-order chi connectivity index (χ1) is 12.5. The second-order valence-corrected chi connectivity index (χ2v) is 5.87. The van der Waals surface area contributed by atoms with Crippen LogP contribution in [0.3, 0.4) is 0 Å². The molecule has 1 unspecified atom stereocenters. The number of carbonyl (C=O) groups is 1. The van der Waals surface area contributed by atoms with E-state index in [4.69, 9.17) is 14.8 Å². The van der Waals surface area contributed by atoms with Gasteiger partial charge >= 0.3 is 0 Å². The van der Waals surface area contributed by atoms with Gasteiger partial charge in [-0.05, 0) is 51.1 Å². The summed E-state index contributed by atoms with van der Waals surface area (Å²) in [5.41, 5.74) is 1.76. The molecule has 0 saturated heterocycles. The average molecular weight is 351 g/mol. The molecule has 0 bridgehead atoms. The largest absolute Gasteiger partial charge is 0.490 e. The Labute approximate surface area is 153 Å². The first-order valence-electron chi connectivity index (χ1n) is 8.25. The molecule has 2 aromatic carbocycles. The number of hydrogen-bond donors (Lipinski definition) is 1. The Morgan fingerprint density at radius 2 is 1.96 bits per heavy atom. The van der Waals surface area contributed by atoms with Gasteiger partial charge < -0.3 is 14.9 Å². The number of anilines is 1. The number of carbonyl (C=O) groups excluding carboxylic acids is 1. The van der Waals surface area contributed by atoms with E-state index in [1.165, 1.54) is 6.21 Å². The van der Waals surface area contributed by atoms with E-state index in [1.807, 2.05) is 44.2 Å². The Morgan fingerprint density at radius 3 is 2.69 bits per heavy atom. The lowest BCUT2D eigenvalue weighted by Crippen LogP contribution is -2.26. The van der Waals surface area contributed by atoms with E-state index in [2.05, 4.69) is 10.5 Å². The minimum absolute atomic E-state index is 0.0411. The number of nitriles is 1. The summed E-state index contributed by atoms with van der Waals surface area (Å²) in [5, 5.41) is 15.5. The third-order valence-corrected chi connectivity index (χ3v) is 3.32. The quantitative estimate of drug-likeness (QED) is 0.608. The van der Waals surface area contributed by atoms with Crippen LogP contribution < -0.4 is 10.1 Å². The first-order valence-corrected chi connectivity index (χ1v) is 8.25. The predicted octanol–water partition coefficient (Wildman–Crippen LogP) is 3.72. The smallest absolute Gasteiger partial charge is 0.267 e. The van der Waals surface area contributed by atoms with Crippen molar-refractivity contribution in [3.63, 3.8) is 0 Å². The molecule has 1 amide bonds. The SMILES string of the molecule is CC(C)Oc1ccccc1C=NOC(C)C(=O)Nc1cccc(C#N)c1. The Morgan fingerprint density at radius 1 is 1.19 bits per heavy atom. The second kappa shape index (κ2) is 9.23. The maximum atomic E-state index is 12.1. The van der Waals surface area contributed by atoms with Crippen LogP contribution in [0.4, 0.5) is 5.69 Å². The third kappa shape index (κ3) is 5.64. The van der Waals surface area contributed by atoms with E-state index in [0.717, 1.165) is 5.56 Å². The van der Waals surface area contributed by atoms with Crippen LogP contribution in [0.1, 0.15) is 31.9 Å². The molecule has 6 nitrogen and oxygen atoms in total. The van der Waals surface area contributed by atoms with Crippen LogP contribution in [0, 0.1) is 11.3 Å². The van der Waals surface area contributed by atoms with E-state index < -0.39 is 6.10 Å². The van der Waals surface area contributed by atoms with Gasteiger partial charge in [0.05, 0.1) is 24.0 Å². The standard InChI is InChI=1S/C20H21N3O3/c1-14(2)25-19-10-5-4-8-17(19)13-22-26-15(3)20(24)23-18-9-6-7-16(11-18)12-21/h4-11,13-15H,1-3H3,(H,23,24). The molecular formula is C20H21N3O3. The van der Waals surface area contributed by atoms with Gasteiger partial charge in [0.15, 0.2) is 0 Å². The highest BCUT2D eigenvalue weighted by atomic mass is 16.6. The highest BCUT2D eigenvalue weighted by Crippen LogP contribution is 2.17. The molecule has 0 aliphatic heterocycles. The Bertz CT molecular complexity index is 825.